The molecule has 0 bridgehead atoms. The van der Waals surface area contributed by atoms with Crippen LogP contribution in [-0.4, -0.2) is 49.1 Å². The monoisotopic (exact) mass is 434 g/mol. The zero-order valence-corrected chi connectivity index (χ0v) is 17.2. The molecule has 31 heavy (non-hydrogen) atoms. The summed E-state index contributed by atoms with van der Waals surface area (Å²) in [6, 6.07) is 14.8. The molecule has 0 spiro atoms. The standard InChI is InChI=1S/C23H25F3N2O3/c1-2-31-20-9-4-3-8-19(20)17-6-5-7-18(14-17)21(29)27-15-16-10-12-28(13-11-16)22(30)23(24,25)26/h3-9,14,16H,2,10-13,15H2,1H3,(H,27,29). The summed E-state index contributed by atoms with van der Waals surface area (Å²) in [4.78, 5) is 24.8. The van der Waals surface area contributed by atoms with Crippen molar-refractivity contribution in [2.45, 2.75) is 25.9 Å². The van der Waals surface area contributed by atoms with Gasteiger partial charge in [0.15, 0.2) is 0 Å². The number of hydrogen-bond donors (Lipinski definition) is 1. The lowest BCUT2D eigenvalue weighted by Crippen LogP contribution is -2.46. The Balaban J connectivity index is 1.58. The van der Waals surface area contributed by atoms with Crippen LogP contribution in [0.1, 0.15) is 30.1 Å². The topological polar surface area (TPSA) is 58.6 Å². The third-order valence-electron chi connectivity index (χ3n) is 5.32. The Bertz CT molecular complexity index is 922. The van der Waals surface area contributed by atoms with Gasteiger partial charge in [-0.1, -0.05) is 30.3 Å². The Morgan fingerprint density at radius 3 is 2.48 bits per heavy atom. The lowest BCUT2D eigenvalue weighted by molar-refractivity contribution is -0.186. The fourth-order valence-corrected chi connectivity index (χ4v) is 3.67. The molecule has 3 rings (SSSR count). The predicted molar refractivity (Wildman–Crippen MR) is 111 cm³/mol. The Labute approximate surface area is 179 Å². The molecule has 1 aliphatic heterocycles. The Kier molecular flexibility index (Phi) is 7.20. The average molecular weight is 434 g/mol. The van der Waals surface area contributed by atoms with Crippen molar-refractivity contribution in [3.05, 3.63) is 54.1 Å². The number of nitrogens with one attached hydrogen (secondary N) is 1. The molecule has 0 unspecified atom stereocenters. The number of alkyl halides is 3. The number of carbonyl (C=O) groups is 2. The molecule has 0 atom stereocenters. The van der Waals surface area contributed by atoms with Crippen molar-refractivity contribution in [1.82, 2.24) is 10.2 Å². The van der Waals surface area contributed by atoms with E-state index in [0.717, 1.165) is 21.8 Å². The highest BCUT2D eigenvalue weighted by Gasteiger charge is 2.43. The summed E-state index contributed by atoms with van der Waals surface area (Å²) in [6.45, 7) is 2.88. The molecular weight excluding hydrogens is 409 g/mol. The molecule has 1 saturated heterocycles. The highest BCUT2D eigenvalue weighted by molar-refractivity contribution is 5.95. The molecule has 1 fully saturated rings. The van der Waals surface area contributed by atoms with E-state index in [9.17, 15) is 22.8 Å². The van der Waals surface area contributed by atoms with Gasteiger partial charge in [0, 0.05) is 30.8 Å². The quantitative estimate of drug-likeness (QED) is 0.738. The molecule has 2 aromatic rings. The van der Waals surface area contributed by atoms with Crippen molar-refractivity contribution in [2.75, 3.05) is 26.2 Å². The Hall–Kier alpha value is -3.03. The van der Waals surface area contributed by atoms with Gasteiger partial charge in [0.05, 0.1) is 6.61 Å². The molecule has 2 aromatic carbocycles. The highest BCUT2D eigenvalue weighted by atomic mass is 19.4. The van der Waals surface area contributed by atoms with Gasteiger partial charge >= 0.3 is 12.1 Å². The second kappa shape index (κ2) is 9.85. The molecule has 0 aromatic heterocycles. The number of piperidine rings is 1. The van der Waals surface area contributed by atoms with E-state index in [1.165, 1.54) is 0 Å². The van der Waals surface area contributed by atoms with E-state index in [1.54, 1.807) is 18.2 Å². The van der Waals surface area contributed by atoms with Crippen LogP contribution >= 0.6 is 0 Å². The molecule has 1 heterocycles. The van der Waals surface area contributed by atoms with Crippen LogP contribution < -0.4 is 10.1 Å². The number of likely N-dealkylation sites (tertiary alicyclic amines) is 1. The van der Waals surface area contributed by atoms with Crippen LogP contribution in [0.2, 0.25) is 0 Å². The molecule has 0 aliphatic carbocycles. The van der Waals surface area contributed by atoms with Crippen LogP contribution in [0.5, 0.6) is 5.75 Å². The number of carbonyl (C=O) groups excluding carboxylic acids is 2. The van der Waals surface area contributed by atoms with Gasteiger partial charge < -0.3 is 15.0 Å². The summed E-state index contributed by atoms with van der Waals surface area (Å²) in [5.74, 6) is -1.27. The number of halogens is 3. The van der Waals surface area contributed by atoms with Crippen LogP contribution in [0.3, 0.4) is 0 Å². The molecule has 1 N–H and O–H groups in total. The first-order valence-electron chi connectivity index (χ1n) is 10.3. The highest BCUT2D eigenvalue weighted by Crippen LogP contribution is 2.30. The van der Waals surface area contributed by atoms with Crippen LogP contribution in [-0.2, 0) is 4.79 Å². The maximum Gasteiger partial charge on any atom is 0.471 e. The second-order valence-corrected chi connectivity index (χ2v) is 7.45. The molecule has 1 aliphatic rings. The average Bonchev–Trinajstić information content (AvgIpc) is 2.77. The number of amides is 2. The number of benzene rings is 2. The van der Waals surface area contributed by atoms with Crippen LogP contribution in [0, 0.1) is 5.92 Å². The number of nitrogens with zero attached hydrogens (tertiary/aromatic N) is 1. The van der Waals surface area contributed by atoms with E-state index in [0.29, 0.717) is 31.6 Å². The van der Waals surface area contributed by atoms with Crippen molar-refractivity contribution in [3.63, 3.8) is 0 Å². The lowest BCUT2D eigenvalue weighted by atomic mass is 9.96. The third-order valence-corrected chi connectivity index (χ3v) is 5.32. The Morgan fingerprint density at radius 2 is 1.81 bits per heavy atom. The lowest BCUT2D eigenvalue weighted by Gasteiger charge is -2.32. The fraction of sp³-hybridized carbons (Fsp3) is 0.391. The number of hydrogen-bond acceptors (Lipinski definition) is 3. The van der Waals surface area contributed by atoms with Gasteiger partial charge in [-0.15, -0.1) is 0 Å². The summed E-state index contributed by atoms with van der Waals surface area (Å²) in [5, 5.41) is 2.87. The maximum atomic E-state index is 12.6. The van der Waals surface area contributed by atoms with Gasteiger partial charge in [0.1, 0.15) is 5.75 Å². The minimum atomic E-state index is -4.84. The predicted octanol–water partition coefficient (Wildman–Crippen LogP) is 4.28. The zero-order valence-electron chi connectivity index (χ0n) is 17.2. The van der Waals surface area contributed by atoms with Gasteiger partial charge in [0.2, 0.25) is 0 Å². The number of rotatable bonds is 6. The largest absolute Gasteiger partial charge is 0.493 e. The Morgan fingerprint density at radius 1 is 1.10 bits per heavy atom. The van der Waals surface area contributed by atoms with Gasteiger partial charge in [-0.25, -0.2) is 0 Å². The zero-order chi connectivity index (χ0) is 22.4. The summed E-state index contributed by atoms with van der Waals surface area (Å²) in [5.41, 5.74) is 2.24. The normalized spacial score (nSPS) is 14.9. The van der Waals surface area contributed by atoms with Crippen molar-refractivity contribution in [1.29, 1.82) is 0 Å². The van der Waals surface area contributed by atoms with Crippen molar-refractivity contribution in [3.8, 4) is 16.9 Å². The van der Waals surface area contributed by atoms with Gasteiger partial charge in [-0.05, 0) is 49.4 Å². The maximum absolute atomic E-state index is 12.6. The fourth-order valence-electron chi connectivity index (χ4n) is 3.67. The number of ether oxygens (including phenoxy) is 1. The summed E-state index contributed by atoms with van der Waals surface area (Å²) in [6.07, 6.45) is -4.00. The first-order valence-corrected chi connectivity index (χ1v) is 10.3. The molecule has 8 heteroatoms. The smallest absolute Gasteiger partial charge is 0.471 e. The van der Waals surface area contributed by atoms with Gasteiger partial charge in [-0.3, -0.25) is 9.59 Å². The van der Waals surface area contributed by atoms with Gasteiger partial charge in [-0.2, -0.15) is 13.2 Å². The molecule has 166 valence electrons. The van der Waals surface area contributed by atoms with Gasteiger partial charge in [0.25, 0.3) is 5.91 Å². The molecule has 0 radical (unpaired) electrons. The second-order valence-electron chi connectivity index (χ2n) is 7.45. The van der Waals surface area contributed by atoms with E-state index >= 15 is 0 Å². The van der Waals surface area contributed by atoms with Crippen molar-refractivity contribution in [2.24, 2.45) is 5.92 Å². The van der Waals surface area contributed by atoms with Crippen LogP contribution in [0.15, 0.2) is 48.5 Å². The number of para-hydroxylation sites is 1. The van der Waals surface area contributed by atoms with E-state index in [4.69, 9.17) is 4.74 Å². The first kappa shape index (κ1) is 22.7. The van der Waals surface area contributed by atoms with Crippen molar-refractivity contribution < 1.29 is 27.5 Å². The summed E-state index contributed by atoms with van der Waals surface area (Å²) >= 11 is 0. The summed E-state index contributed by atoms with van der Waals surface area (Å²) < 4.78 is 43.3. The first-order chi connectivity index (χ1) is 14.8. The van der Waals surface area contributed by atoms with E-state index in [-0.39, 0.29) is 24.9 Å². The summed E-state index contributed by atoms with van der Waals surface area (Å²) in [7, 11) is 0. The van der Waals surface area contributed by atoms with Crippen LogP contribution in [0.4, 0.5) is 13.2 Å². The minimum absolute atomic E-state index is 0.0306. The molecular formula is C23H25F3N2O3. The third kappa shape index (κ3) is 5.77. The molecule has 5 nitrogen and oxygen atoms in total. The van der Waals surface area contributed by atoms with Crippen LogP contribution in [0.25, 0.3) is 11.1 Å². The van der Waals surface area contributed by atoms with Crippen molar-refractivity contribution >= 4 is 11.8 Å². The molecule has 0 saturated carbocycles. The minimum Gasteiger partial charge on any atom is -0.493 e. The van der Waals surface area contributed by atoms with E-state index in [2.05, 4.69) is 5.32 Å². The van der Waals surface area contributed by atoms with E-state index in [1.807, 2.05) is 37.3 Å². The molecule has 2 amide bonds. The van der Waals surface area contributed by atoms with E-state index < -0.39 is 12.1 Å². The SMILES string of the molecule is CCOc1ccccc1-c1cccc(C(=O)NCC2CCN(C(=O)C(F)(F)F)CC2)c1.